The standard InChI is InChI=1S/C31H31ClF4N2O3S2/c1-21(30-26(32)8-3-9-27(30)33)17-22-10-11-29-28(18-22)38(20-24(41-29)6-4-12-37-13-15-42-16-14-37)43(39,40)25-7-2-5-23(19-25)31(34,35)36/h2-3,5,7-11,17-19,24H,4,6,12-16,20H2,1H3/b21-17+/t24-/m0/s1. The van der Waals surface area contributed by atoms with E-state index in [9.17, 15) is 26.0 Å². The molecule has 0 radical (unpaired) electrons. The van der Waals surface area contributed by atoms with Gasteiger partial charge in [0.2, 0.25) is 0 Å². The Balaban J connectivity index is 1.49. The van der Waals surface area contributed by atoms with E-state index in [1.54, 1.807) is 37.3 Å². The SMILES string of the molecule is C/C(=C\c1ccc2c(c1)N(S(=O)(=O)c1cccc(C(F)(F)F)c1)C[C@H](CCCN1CCSCC1)O2)c1c(F)cccc1Cl. The summed E-state index contributed by atoms with van der Waals surface area (Å²) in [7, 11) is -4.41. The van der Waals surface area contributed by atoms with Gasteiger partial charge in [0.1, 0.15) is 17.7 Å². The average Bonchev–Trinajstić information content (AvgIpc) is 2.97. The molecule has 1 saturated heterocycles. The van der Waals surface area contributed by atoms with Crippen molar-refractivity contribution in [2.24, 2.45) is 0 Å². The zero-order valence-electron chi connectivity index (χ0n) is 23.4. The molecule has 3 aromatic carbocycles. The van der Waals surface area contributed by atoms with Crippen LogP contribution in [0.1, 0.15) is 36.5 Å². The van der Waals surface area contributed by atoms with Crippen LogP contribution in [-0.4, -0.2) is 57.1 Å². The van der Waals surface area contributed by atoms with Crippen molar-refractivity contribution < 1.29 is 30.7 Å². The molecule has 0 unspecified atom stereocenters. The smallest absolute Gasteiger partial charge is 0.416 e. The summed E-state index contributed by atoms with van der Waals surface area (Å²) in [6, 6.07) is 13.1. The highest BCUT2D eigenvalue weighted by molar-refractivity contribution is 7.99. The Morgan fingerprint density at radius 2 is 1.84 bits per heavy atom. The number of alkyl halides is 3. The van der Waals surface area contributed by atoms with Gasteiger partial charge >= 0.3 is 6.18 Å². The summed E-state index contributed by atoms with van der Waals surface area (Å²) >= 11 is 8.16. The Bertz CT molecular complexity index is 1590. The Morgan fingerprint density at radius 3 is 2.56 bits per heavy atom. The topological polar surface area (TPSA) is 49.9 Å². The third-order valence-corrected chi connectivity index (χ3v) is 10.5. The maximum absolute atomic E-state index is 14.5. The van der Waals surface area contributed by atoms with Crippen LogP contribution in [0.4, 0.5) is 23.2 Å². The minimum Gasteiger partial charge on any atom is -0.486 e. The summed E-state index contributed by atoms with van der Waals surface area (Å²) in [5, 5.41) is 0.231. The van der Waals surface area contributed by atoms with Gasteiger partial charge in [-0.2, -0.15) is 24.9 Å². The molecular weight excluding hydrogens is 624 g/mol. The van der Waals surface area contributed by atoms with E-state index in [1.807, 2.05) is 11.8 Å². The normalized spacial score (nSPS) is 18.3. The number of anilines is 1. The number of thioether (sulfide) groups is 1. The van der Waals surface area contributed by atoms with Crippen LogP contribution in [0.25, 0.3) is 11.6 Å². The highest BCUT2D eigenvalue weighted by Gasteiger charge is 2.37. The summed E-state index contributed by atoms with van der Waals surface area (Å²) < 4.78 is 90.3. The zero-order valence-corrected chi connectivity index (χ0v) is 25.8. The second-order valence-electron chi connectivity index (χ2n) is 10.5. The summed E-state index contributed by atoms with van der Waals surface area (Å²) in [6.07, 6.45) is -2.17. The van der Waals surface area contributed by atoms with E-state index in [2.05, 4.69) is 4.90 Å². The number of nitrogens with zero attached hydrogens (tertiary/aromatic N) is 2. The van der Waals surface area contributed by atoms with Crippen molar-refractivity contribution in [2.45, 2.75) is 36.9 Å². The number of rotatable bonds is 8. The van der Waals surface area contributed by atoms with Crippen LogP contribution in [0.2, 0.25) is 5.02 Å². The Kier molecular flexibility index (Phi) is 9.65. The van der Waals surface area contributed by atoms with Crippen LogP contribution in [0, 0.1) is 5.82 Å². The molecule has 0 spiro atoms. The molecular formula is C31H31ClF4N2O3S2. The van der Waals surface area contributed by atoms with Crippen molar-refractivity contribution in [3.63, 3.8) is 0 Å². The molecule has 5 rings (SSSR count). The number of allylic oxidation sites excluding steroid dienone is 1. The van der Waals surface area contributed by atoms with Crippen molar-refractivity contribution in [3.05, 3.63) is 88.2 Å². The molecule has 1 fully saturated rings. The lowest BCUT2D eigenvalue weighted by Gasteiger charge is -2.36. The number of hydrogen-bond acceptors (Lipinski definition) is 5. The molecule has 0 bridgehead atoms. The molecule has 3 aromatic rings. The van der Waals surface area contributed by atoms with Gasteiger partial charge in [0.25, 0.3) is 10.0 Å². The minimum absolute atomic E-state index is 0.0628. The van der Waals surface area contributed by atoms with E-state index in [0.29, 0.717) is 29.4 Å². The number of benzene rings is 3. The average molecular weight is 655 g/mol. The highest BCUT2D eigenvalue weighted by Crippen LogP contribution is 2.40. The largest absolute Gasteiger partial charge is 0.486 e. The second kappa shape index (κ2) is 13.1. The molecule has 0 aromatic heterocycles. The summed E-state index contributed by atoms with van der Waals surface area (Å²) in [5.41, 5.74) is 0.431. The molecule has 2 aliphatic rings. The lowest BCUT2D eigenvalue weighted by atomic mass is 10.0. The summed E-state index contributed by atoms with van der Waals surface area (Å²) in [6.45, 7) is 4.49. The number of ether oxygens (including phenoxy) is 1. The van der Waals surface area contributed by atoms with Gasteiger partial charge in [0.05, 0.1) is 27.7 Å². The molecule has 0 N–H and O–H groups in total. The lowest BCUT2D eigenvalue weighted by Crippen LogP contribution is -2.44. The Morgan fingerprint density at radius 1 is 1.09 bits per heavy atom. The fourth-order valence-corrected chi connectivity index (χ4v) is 8.16. The van der Waals surface area contributed by atoms with Crippen LogP contribution in [0.5, 0.6) is 5.75 Å². The van der Waals surface area contributed by atoms with Crippen LogP contribution in [-0.2, 0) is 16.2 Å². The molecule has 43 heavy (non-hydrogen) atoms. The van der Waals surface area contributed by atoms with E-state index in [-0.39, 0.29) is 22.8 Å². The van der Waals surface area contributed by atoms with Gasteiger partial charge in [0, 0.05) is 30.2 Å². The molecule has 2 heterocycles. The highest BCUT2D eigenvalue weighted by atomic mass is 35.5. The van der Waals surface area contributed by atoms with Crippen LogP contribution < -0.4 is 9.04 Å². The van der Waals surface area contributed by atoms with E-state index in [4.69, 9.17) is 16.3 Å². The van der Waals surface area contributed by atoms with E-state index in [1.165, 1.54) is 12.1 Å². The van der Waals surface area contributed by atoms with Gasteiger partial charge in [-0.15, -0.1) is 0 Å². The lowest BCUT2D eigenvalue weighted by molar-refractivity contribution is -0.137. The molecule has 0 saturated carbocycles. The van der Waals surface area contributed by atoms with E-state index < -0.39 is 38.6 Å². The third-order valence-electron chi connectivity index (χ3n) is 7.51. The van der Waals surface area contributed by atoms with Crippen molar-refractivity contribution in [3.8, 4) is 5.75 Å². The van der Waals surface area contributed by atoms with Crippen LogP contribution in [0.3, 0.4) is 0 Å². The first-order valence-electron chi connectivity index (χ1n) is 13.9. The number of fused-ring (bicyclic) bond motifs is 1. The summed E-state index contributed by atoms with van der Waals surface area (Å²) in [4.78, 5) is 1.91. The minimum atomic E-state index is -4.70. The third kappa shape index (κ3) is 7.33. The van der Waals surface area contributed by atoms with Crippen molar-refractivity contribution in [1.82, 2.24) is 4.90 Å². The first-order chi connectivity index (χ1) is 20.4. The molecule has 0 amide bonds. The Hall–Kier alpha value is -2.73. The molecule has 5 nitrogen and oxygen atoms in total. The first kappa shape index (κ1) is 31.7. The number of hydrogen-bond donors (Lipinski definition) is 0. The molecule has 12 heteroatoms. The zero-order chi connectivity index (χ0) is 30.8. The van der Waals surface area contributed by atoms with Crippen molar-refractivity contribution >= 4 is 50.7 Å². The van der Waals surface area contributed by atoms with Gasteiger partial charge in [-0.25, -0.2) is 12.8 Å². The maximum atomic E-state index is 14.5. The maximum Gasteiger partial charge on any atom is 0.416 e. The molecule has 230 valence electrons. The molecule has 2 aliphatic heterocycles. The van der Waals surface area contributed by atoms with Gasteiger partial charge < -0.3 is 9.64 Å². The summed E-state index contributed by atoms with van der Waals surface area (Å²) in [5.74, 6) is 1.97. The van der Waals surface area contributed by atoms with Gasteiger partial charge in [-0.1, -0.05) is 35.9 Å². The van der Waals surface area contributed by atoms with Crippen molar-refractivity contribution in [1.29, 1.82) is 0 Å². The van der Waals surface area contributed by atoms with Gasteiger partial charge in [0.15, 0.2) is 0 Å². The monoisotopic (exact) mass is 654 g/mol. The number of halogens is 5. The predicted octanol–water partition coefficient (Wildman–Crippen LogP) is 7.84. The molecule has 1 atom stereocenters. The molecule has 0 aliphatic carbocycles. The number of sulfonamides is 1. The van der Waals surface area contributed by atoms with E-state index in [0.717, 1.165) is 60.1 Å². The van der Waals surface area contributed by atoms with E-state index >= 15 is 0 Å². The second-order valence-corrected chi connectivity index (χ2v) is 14.0. The van der Waals surface area contributed by atoms with Crippen LogP contribution in [0.15, 0.2) is 65.6 Å². The van der Waals surface area contributed by atoms with Gasteiger partial charge in [-0.3, -0.25) is 4.31 Å². The first-order valence-corrected chi connectivity index (χ1v) is 16.8. The van der Waals surface area contributed by atoms with Crippen LogP contribution >= 0.6 is 23.4 Å². The van der Waals surface area contributed by atoms with Crippen molar-refractivity contribution in [2.75, 3.05) is 42.0 Å². The quantitative estimate of drug-likeness (QED) is 0.183. The van der Waals surface area contributed by atoms with Gasteiger partial charge in [-0.05, 0) is 79.9 Å². The fraction of sp³-hybridized carbons (Fsp3) is 0.355. The predicted molar refractivity (Wildman–Crippen MR) is 165 cm³/mol. The fourth-order valence-electron chi connectivity index (χ4n) is 5.32. The Labute approximate surface area is 258 Å².